The SMILES string of the molecule is Cc1cc(Cc2n[nH]c(=O)c3ccccc23)ccn1. The Labute approximate surface area is 110 Å². The number of hydrogen-bond acceptors (Lipinski definition) is 3. The second kappa shape index (κ2) is 4.65. The Morgan fingerprint density at radius 1 is 1.16 bits per heavy atom. The molecule has 0 aliphatic heterocycles. The predicted octanol–water partition coefficient (Wildman–Crippen LogP) is 2.22. The van der Waals surface area contributed by atoms with Crippen LogP contribution in [0.25, 0.3) is 10.8 Å². The van der Waals surface area contributed by atoms with E-state index in [2.05, 4.69) is 15.2 Å². The number of hydrogen-bond donors (Lipinski definition) is 1. The summed E-state index contributed by atoms with van der Waals surface area (Å²) < 4.78 is 0. The number of H-pyrrole nitrogens is 1. The van der Waals surface area contributed by atoms with Gasteiger partial charge in [-0.3, -0.25) is 9.78 Å². The summed E-state index contributed by atoms with van der Waals surface area (Å²) in [6.07, 6.45) is 2.47. The minimum absolute atomic E-state index is 0.148. The normalized spacial score (nSPS) is 10.8. The summed E-state index contributed by atoms with van der Waals surface area (Å²) in [5.74, 6) is 0. The van der Waals surface area contributed by atoms with E-state index < -0.39 is 0 Å². The molecule has 0 fully saturated rings. The molecule has 1 N–H and O–H groups in total. The minimum Gasteiger partial charge on any atom is -0.267 e. The Bertz CT molecular complexity index is 792. The van der Waals surface area contributed by atoms with Crippen LogP contribution in [0.2, 0.25) is 0 Å². The third-order valence-electron chi connectivity index (χ3n) is 3.11. The van der Waals surface area contributed by atoms with Gasteiger partial charge in [0.15, 0.2) is 0 Å². The second-order valence-corrected chi connectivity index (χ2v) is 4.53. The molecule has 0 radical (unpaired) electrons. The van der Waals surface area contributed by atoms with Crippen molar-refractivity contribution in [2.24, 2.45) is 0 Å². The third-order valence-corrected chi connectivity index (χ3v) is 3.11. The first-order valence-corrected chi connectivity index (χ1v) is 6.12. The molecule has 0 spiro atoms. The minimum atomic E-state index is -0.148. The van der Waals surface area contributed by atoms with Crippen LogP contribution in [0.1, 0.15) is 17.0 Å². The van der Waals surface area contributed by atoms with Gasteiger partial charge in [-0.2, -0.15) is 5.10 Å². The van der Waals surface area contributed by atoms with Gasteiger partial charge in [0.25, 0.3) is 5.56 Å². The van der Waals surface area contributed by atoms with Crippen molar-refractivity contribution in [3.63, 3.8) is 0 Å². The average Bonchev–Trinajstić information content (AvgIpc) is 2.42. The first kappa shape index (κ1) is 11.6. The molecule has 0 aliphatic rings. The van der Waals surface area contributed by atoms with Crippen LogP contribution in [0.5, 0.6) is 0 Å². The number of fused-ring (bicyclic) bond motifs is 1. The lowest BCUT2D eigenvalue weighted by atomic mass is 10.1. The zero-order valence-corrected chi connectivity index (χ0v) is 10.6. The van der Waals surface area contributed by atoms with E-state index in [1.54, 1.807) is 6.20 Å². The fourth-order valence-corrected chi connectivity index (χ4v) is 2.21. The summed E-state index contributed by atoms with van der Waals surface area (Å²) in [6, 6.07) is 11.5. The van der Waals surface area contributed by atoms with E-state index >= 15 is 0 Å². The standard InChI is InChI=1S/C15H13N3O/c1-10-8-11(6-7-16-10)9-14-12-4-2-3-5-13(12)15(19)18-17-14/h2-8H,9H2,1H3,(H,18,19). The maximum absolute atomic E-state index is 11.7. The molecule has 4 nitrogen and oxygen atoms in total. The van der Waals surface area contributed by atoms with Crippen LogP contribution in [-0.2, 0) is 6.42 Å². The highest BCUT2D eigenvalue weighted by Crippen LogP contribution is 2.16. The Hall–Kier alpha value is -2.49. The fourth-order valence-electron chi connectivity index (χ4n) is 2.21. The Balaban J connectivity index is 2.11. The van der Waals surface area contributed by atoms with E-state index in [0.717, 1.165) is 22.3 Å². The lowest BCUT2D eigenvalue weighted by Gasteiger charge is -2.05. The first-order valence-electron chi connectivity index (χ1n) is 6.12. The van der Waals surface area contributed by atoms with Crippen molar-refractivity contribution in [2.75, 3.05) is 0 Å². The van der Waals surface area contributed by atoms with Gasteiger partial charge in [0, 0.05) is 23.7 Å². The Morgan fingerprint density at radius 2 is 1.95 bits per heavy atom. The molecule has 19 heavy (non-hydrogen) atoms. The van der Waals surface area contributed by atoms with Gasteiger partial charge in [0.05, 0.1) is 11.1 Å². The van der Waals surface area contributed by atoms with E-state index in [0.29, 0.717) is 11.8 Å². The Kier molecular flexibility index (Phi) is 2.83. The van der Waals surface area contributed by atoms with Crippen molar-refractivity contribution in [1.82, 2.24) is 15.2 Å². The summed E-state index contributed by atoms with van der Waals surface area (Å²) >= 11 is 0. The molecule has 2 aromatic heterocycles. The van der Waals surface area contributed by atoms with Crippen molar-refractivity contribution in [3.8, 4) is 0 Å². The number of pyridine rings is 1. The van der Waals surface area contributed by atoms with E-state index in [1.165, 1.54) is 0 Å². The van der Waals surface area contributed by atoms with Crippen LogP contribution in [-0.4, -0.2) is 15.2 Å². The maximum Gasteiger partial charge on any atom is 0.272 e. The highest BCUT2D eigenvalue weighted by Gasteiger charge is 2.06. The number of rotatable bonds is 2. The molecule has 0 aliphatic carbocycles. The van der Waals surface area contributed by atoms with Crippen molar-refractivity contribution >= 4 is 10.8 Å². The molecule has 0 saturated carbocycles. The molecule has 3 rings (SSSR count). The van der Waals surface area contributed by atoms with Crippen molar-refractivity contribution in [2.45, 2.75) is 13.3 Å². The molecule has 4 heteroatoms. The molecule has 2 heterocycles. The van der Waals surface area contributed by atoms with Gasteiger partial charge in [-0.05, 0) is 30.7 Å². The van der Waals surface area contributed by atoms with E-state index in [9.17, 15) is 4.79 Å². The molecule has 0 unspecified atom stereocenters. The first-order chi connectivity index (χ1) is 9.24. The van der Waals surface area contributed by atoms with Crippen LogP contribution in [0.15, 0.2) is 47.4 Å². The second-order valence-electron chi connectivity index (χ2n) is 4.53. The summed E-state index contributed by atoms with van der Waals surface area (Å²) in [6.45, 7) is 1.96. The van der Waals surface area contributed by atoms with Gasteiger partial charge in [-0.25, -0.2) is 5.10 Å². The van der Waals surface area contributed by atoms with Crippen molar-refractivity contribution < 1.29 is 0 Å². The molecular formula is C15H13N3O. The summed E-state index contributed by atoms with van der Waals surface area (Å²) in [7, 11) is 0. The van der Waals surface area contributed by atoms with Crippen LogP contribution in [0, 0.1) is 6.92 Å². The van der Waals surface area contributed by atoms with Crippen LogP contribution >= 0.6 is 0 Å². The zero-order valence-electron chi connectivity index (χ0n) is 10.6. The van der Waals surface area contributed by atoms with Crippen LogP contribution in [0.3, 0.4) is 0 Å². The van der Waals surface area contributed by atoms with E-state index in [4.69, 9.17) is 0 Å². The topological polar surface area (TPSA) is 58.6 Å². The van der Waals surface area contributed by atoms with Gasteiger partial charge in [0.1, 0.15) is 0 Å². The predicted molar refractivity (Wildman–Crippen MR) is 74.1 cm³/mol. The number of aromatic nitrogens is 3. The summed E-state index contributed by atoms with van der Waals surface area (Å²) in [5.41, 5.74) is 2.84. The lowest BCUT2D eigenvalue weighted by Crippen LogP contribution is -2.11. The fraction of sp³-hybridized carbons (Fsp3) is 0.133. The molecule has 94 valence electrons. The lowest BCUT2D eigenvalue weighted by molar-refractivity contribution is 0.931. The number of nitrogens with one attached hydrogen (secondary N) is 1. The smallest absolute Gasteiger partial charge is 0.267 e. The Morgan fingerprint density at radius 3 is 2.74 bits per heavy atom. The van der Waals surface area contributed by atoms with E-state index in [-0.39, 0.29) is 5.56 Å². The number of aromatic amines is 1. The quantitative estimate of drug-likeness (QED) is 0.759. The molecular weight excluding hydrogens is 238 g/mol. The maximum atomic E-state index is 11.7. The molecule has 0 amide bonds. The molecule has 0 atom stereocenters. The third kappa shape index (κ3) is 2.25. The van der Waals surface area contributed by atoms with Crippen molar-refractivity contribution in [1.29, 1.82) is 0 Å². The van der Waals surface area contributed by atoms with E-state index in [1.807, 2.05) is 43.3 Å². The molecule has 0 saturated heterocycles. The van der Waals surface area contributed by atoms with Gasteiger partial charge in [-0.1, -0.05) is 18.2 Å². The molecule has 1 aromatic carbocycles. The van der Waals surface area contributed by atoms with Gasteiger partial charge < -0.3 is 0 Å². The molecule has 3 aromatic rings. The largest absolute Gasteiger partial charge is 0.272 e. The number of benzene rings is 1. The highest BCUT2D eigenvalue weighted by molar-refractivity contribution is 5.83. The molecule has 0 bridgehead atoms. The highest BCUT2D eigenvalue weighted by atomic mass is 16.1. The number of aryl methyl sites for hydroxylation is 1. The van der Waals surface area contributed by atoms with Gasteiger partial charge in [-0.15, -0.1) is 0 Å². The zero-order chi connectivity index (χ0) is 13.2. The monoisotopic (exact) mass is 251 g/mol. The van der Waals surface area contributed by atoms with Crippen molar-refractivity contribution in [3.05, 3.63) is 69.9 Å². The van der Waals surface area contributed by atoms with Crippen LogP contribution in [0.4, 0.5) is 0 Å². The average molecular weight is 251 g/mol. The van der Waals surface area contributed by atoms with Crippen LogP contribution < -0.4 is 5.56 Å². The van der Waals surface area contributed by atoms with Gasteiger partial charge >= 0.3 is 0 Å². The number of nitrogens with zero attached hydrogens (tertiary/aromatic N) is 2. The summed E-state index contributed by atoms with van der Waals surface area (Å²) in [5, 5.41) is 8.31. The summed E-state index contributed by atoms with van der Waals surface area (Å²) in [4.78, 5) is 15.9. The van der Waals surface area contributed by atoms with Gasteiger partial charge in [0.2, 0.25) is 0 Å².